The van der Waals surface area contributed by atoms with E-state index in [1.165, 1.54) is 23.1 Å². The monoisotopic (exact) mass is 448 g/mol. The third-order valence-electron chi connectivity index (χ3n) is 4.12. The molecule has 0 saturated heterocycles. The molecule has 2 heterocycles. The summed E-state index contributed by atoms with van der Waals surface area (Å²) in [5, 5.41) is 7.25. The maximum Gasteiger partial charge on any atom is 0.233 e. The minimum absolute atomic E-state index is 0.0865. The number of benzene rings is 2. The minimum atomic E-state index is -0.0865. The first-order chi connectivity index (χ1) is 15.0. The number of aryl methyl sites for hydroxylation is 2. The van der Waals surface area contributed by atoms with Gasteiger partial charge in [-0.25, -0.2) is 9.97 Å². The Hall–Kier alpha value is -3.30. The summed E-state index contributed by atoms with van der Waals surface area (Å²) < 4.78 is 0. The van der Waals surface area contributed by atoms with Gasteiger partial charge in [0.2, 0.25) is 11.9 Å². The van der Waals surface area contributed by atoms with Crippen LogP contribution in [0.5, 0.6) is 0 Å². The Morgan fingerprint density at radius 2 is 1.77 bits per heavy atom. The van der Waals surface area contributed by atoms with Crippen molar-refractivity contribution in [2.24, 2.45) is 0 Å². The zero-order valence-corrected chi connectivity index (χ0v) is 18.6. The number of carbonyl (C=O) groups excluding carboxylic acids is 1. The highest BCUT2D eigenvalue weighted by atomic mass is 32.2. The zero-order valence-electron chi connectivity index (χ0n) is 17.0. The van der Waals surface area contributed by atoms with Crippen LogP contribution in [0.25, 0.3) is 0 Å². The summed E-state index contributed by atoms with van der Waals surface area (Å²) in [6.45, 7) is 3.83. The van der Waals surface area contributed by atoms with Crippen molar-refractivity contribution in [2.45, 2.75) is 30.3 Å². The standard InChI is InChI=1S/C22H20N6OS2/c1-14-8-10-16(11-9-14)26-19(29)12-18-13-23-21(31-18)27-20-24-15(2)25-22(28-20)30-17-6-4-3-5-7-17/h3-11,13H,12H2,1-2H3,(H,26,29)(H,23,24,25,27,28). The first-order valence-corrected chi connectivity index (χ1v) is 11.2. The second kappa shape index (κ2) is 9.67. The Morgan fingerprint density at radius 1 is 1.00 bits per heavy atom. The van der Waals surface area contributed by atoms with Crippen LogP contribution in [0, 0.1) is 13.8 Å². The van der Waals surface area contributed by atoms with E-state index in [1.54, 1.807) is 6.20 Å². The minimum Gasteiger partial charge on any atom is -0.326 e. The van der Waals surface area contributed by atoms with Gasteiger partial charge in [-0.1, -0.05) is 35.9 Å². The van der Waals surface area contributed by atoms with Crippen LogP contribution in [0.1, 0.15) is 16.3 Å². The van der Waals surface area contributed by atoms with Gasteiger partial charge in [-0.2, -0.15) is 9.97 Å². The molecule has 0 bridgehead atoms. The van der Waals surface area contributed by atoms with Crippen LogP contribution in [-0.2, 0) is 11.2 Å². The number of carbonyl (C=O) groups is 1. The summed E-state index contributed by atoms with van der Waals surface area (Å²) in [4.78, 5) is 31.8. The van der Waals surface area contributed by atoms with Crippen molar-refractivity contribution in [1.82, 2.24) is 19.9 Å². The molecule has 0 atom stereocenters. The van der Waals surface area contributed by atoms with Gasteiger partial charge in [0.05, 0.1) is 6.42 Å². The van der Waals surface area contributed by atoms with E-state index in [4.69, 9.17) is 0 Å². The number of hydrogen-bond acceptors (Lipinski definition) is 8. The Labute approximate surface area is 188 Å². The average Bonchev–Trinajstić information content (AvgIpc) is 3.16. The molecule has 0 fully saturated rings. The van der Waals surface area contributed by atoms with Crippen molar-refractivity contribution in [3.8, 4) is 0 Å². The quantitative estimate of drug-likeness (QED) is 0.410. The van der Waals surface area contributed by atoms with Crippen molar-refractivity contribution in [2.75, 3.05) is 10.6 Å². The van der Waals surface area contributed by atoms with Crippen molar-refractivity contribution in [3.05, 3.63) is 77.1 Å². The van der Waals surface area contributed by atoms with Gasteiger partial charge in [0, 0.05) is 21.7 Å². The maximum absolute atomic E-state index is 12.3. The van der Waals surface area contributed by atoms with Gasteiger partial charge in [0.1, 0.15) is 5.82 Å². The van der Waals surface area contributed by atoms with Crippen LogP contribution in [0.2, 0.25) is 0 Å². The van der Waals surface area contributed by atoms with Gasteiger partial charge >= 0.3 is 0 Å². The zero-order chi connectivity index (χ0) is 21.6. The first-order valence-electron chi connectivity index (χ1n) is 9.57. The molecule has 2 aromatic carbocycles. The number of aromatic nitrogens is 4. The Kier molecular flexibility index (Phi) is 6.54. The Bertz CT molecular complexity index is 1180. The lowest BCUT2D eigenvalue weighted by Crippen LogP contribution is -2.13. The highest BCUT2D eigenvalue weighted by molar-refractivity contribution is 7.99. The molecule has 2 N–H and O–H groups in total. The topological polar surface area (TPSA) is 92.7 Å². The summed E-state index contributed by atoms with van der Waals surface area (Å²) in [5.74, 6) is 0.956. The number of nitrogens with one attached hydrogen (secondary N) is 2. The van der Waals surface area contributed by atoms with E-state index < -0.39 is 0 Å². The fraction of sp³-hybridized carbons (Fsp3) is 0.136. The third-order valence-corrected chi connectivity index (χ3v) is 5.91. The highest BCUT2D eigenvalue weighted by Crippen LogP contribution is 2.26. The van der Waals surface area contributed by atoms with E-state index >= 15 is 0 Å². The fourth-order valence-corrected chi connectivity index (χ4v) is 4.31. The molecule has 31 heavy (non-hydrogen) atoms. The highest BCUT2D eigenvalue weighted by Gasteiger charge is 2.11. The number of nitrogens with zero attached hydrogens (tertiary/aromatic N) is 4. The smallest absolute Gasteiger partial charge is 0.233 e. The van der Waals surface area contributed by atoms with E-state index in [0.29, 0.717) is 22.1 Å². The van der Waals surface area contributed by atoms with E-state index in [2.05, 4.69) is 30.6 Å². The lowest BCUT2D eigenvalue weighted by Gasteiger charge is -2.05. The molecule has 2 aromatic heterocycles. The lowest BCUT2D eigenvalue weighted by molar-refractivity contribution is -0.115. The van der Waals surface area contributed by atoms with Crippen LogP contribution < -0.4 is 10.6 Å². The molecule has 0 spiro atoms. The molecule has 0 aliphatic heterocycles. The molecule has 156 valence electrons. The van der Waals surface area contributed by atoms with Crippen LogP contribution >= 0.6 is 23.1 Å². The number of rotatable bonds is 7. The maximum atomic E-state index is 12.3. The molecule has 4 aromatic rings. The summed E-state index contributed by atoms with van der Waals surface area (Å²) in [6, 6.07) is 17.6. The molecule has 0 aliphatic carbocycles. The van der Waals surface area contributed by atoms with Crippen molar-refractivity contribution in [1.29, 1.82) is 0 Å². The molecule has 9 heteroatoms. The predicted octanol–water partition coefficient (Wildman–Crippen LogP) is 5.02. The largest absolute Gasteiger partial charge is 0.326 e. The first kappa shape index (κ1) is 21.0. The molecule has 0 unspecified atom stereocenters. The normalized spacial score (nSPS) is 10.6. The van der Waals surface area contributed by atoms with Crippen LogP contribution in [0.15, 0.2) is 70.8 Å². The summed E-state index contributed by atoms with van der Waals surface area (Å²) >= 11 is 2.86. The summed E-state index contributed by atoms with van der Waals surface area (Å²) in [6.07, 6.45) is 1.94. The van der Waals surface area contributed by atoms with Gasteiger partial charge in [-0.3, -0.25) is 10.1 Å². The summed E-state index contributed by atoms with van der Waals surface area (Å²) in [7, 11) is 0. The number of amides is 1. The molecule has 1 amide bonds. The molecule has 0 saturated carbocycles. The van der Waals surface area contributed by atoms with Crippen molar-refractivity contribution in [3.63, 3.8) is 0 Å². The number of anilines is 3. The van der Waals surface area contributed by atoms with Gasteiger partial charge in [0.15, 0.2) is 10.3 Å². The second-order valence-electron chi connectivity index (χ2n) is 6.75. The summed E-state index contributed by atoms with van der Waals surface area (Å²) in [5.41, 5.74) is 1.93. The van der Waals surface area contributed by atoms with E-state index in [9.17, 15) is 4.79 Å². The average molecular weight is 449 g/mol. The molecule has 0 aliphatic rings. The van der Waals surface area contributed by atoms with E-state index in [0.717, 1.165) is 21.0 Å². The molecule has 0 radical (unpaired) electrons. The molecular weight excluding hydrogens is 428 g/mol. The van der Waals surface area contributed by atoms with Crippen LogP contribution in [0.3, 0.4) is 0 Å². The molecular formula is C22H20N6OS2. The Morgan fingerprint density at radius 3 is 2.55 bits per heavy atom. The van der Waals surface area contributed by atoms with Gasteiger partial charge < -0.3 is 5.32 Å². The van der Waals surface area contributed by atoms with Crippen LogP contribution in [0.4, 0.5) is 16.8 Å². The van der Waals surface area contributed by atoms with Crippen LogP contribution in [-0.4, -0.2) is 25.8 Å². The van der Waals surface area contributed by atoms with E-state index in [1.807, 2.05) is 68.4 Å². The fourth-order valence-electron chi connectivity index (χ4n) is 2.70. The lowest BCUT2D eigenvalue weighted by atomic mass is 10.2. The third kappa shape index (κ3) is 6.09. The second-order valence-corrected chi connectivity index (χ2v) is 8.91. The van der Waals surface area contributed by atoms with Gasteiger partial charge in [0.25, 0.3) is 0 Å². The SMILES string of the molecule is Cc1ccc(NC(=O)Cc2cnc(Nc3nc(C)nc(Sc4ccccc4)n3)s2)cc1. The van der Waals surface area contributed by atoms with E-state index in [-0.39, 0.29) is 12.3 Å². The number of hydrogen-bond donors (Lipinski definition) is 2. The molecule has 7 nitrogen and oxygen atoms in total. The van der Waals surface area contributed by atoms with Gasteiger partial charge in [-0.15, -0.1) is 11.3 Å². The Balaban J connectivity index is 1.39. The predicted molar refractivity (Wildman–Crippen MR) is 124 cm³/mol. The number of thiazole rings is 1. The molecule has 4 rings (SSSR count). The van der Waals surface area contributed by atoms with Gasteiger partial charge in [-0.05, 0) is 49.9 Å². The van der Waals surface area contributed by atoms with Crippen molar-refractivity contribution < 1.29 is 4.79 Å². The van der Waals surface area contributed by atoms with Crippen molar-refractivity contribution >= 4 is 45.8 Å².